The summed E-state index contributed by atoms with van der Waals surface area (Å²) < 4.78 is 0. The molecule has 0 amide bonds. The Kier molecular flexibility index (Phi) is 42.8. The van der Waals surface area contributed by atoms with E-state index >= 15 is 0 Å². The zero-order valence-corrected chi connectivity index (χ0v) is 12.5. The molecule has 0 aromatic heterocycles. The van der Waals surface area contributed by atoms with Crippen molar-refractivity contribution in [3.8, 4) is 0 Å². The minimum absolute atomic E-state index is 0. The average Bonchev–Trinajstić information content (AvgIpc) is 1.79. The maximum atomic E-state index is 9.98. The molecule has 0 aliphatic carbocycles. The van der Waals surface area contributed by atoms with E-state index in [0.29, 0.717) is 0 Å². The molecule has 8 heteroatoms. The normalized spacial score (nSPS) is 6.00. The molecule has 0 aliphatic heterocycles. The van der Waals surface area contributed by atoms with Crippen molar-refractivity contribution in [1.82, 2.24) is 0 Å². The molecule has 0 spiro atoms. The molecular weight excluding hydrogens is 306 g/mol. The van der Waals surface area contributed by atoms with E-state index in [9.17, 15) is 19.2 Å². The predicted molar refractivity (Wildman–Crippen MR) is 58.6 cm³/mol. The summed E-state index contributed by atoms with van der Waals surface area (Å²) in [6, 6.07) is 0. The third kappa shape index (κ3) is 59.3. The van der Waals surface area contributed by atoms with Crippen LogP contribution in [-0.4, -0.2) is 34.1 Å². The van der Waals surface area contributed by atoms with Gasteiger partial charge in [0.05, 0.1) is 0 Å². The van der Waals surface area contributed by atoms with Crippen LogP contribution in [0.15, 0.2) is 0 Å². The second-order valence-corrected chi connectivity index (χ2v) is 2.73. The van der Waals surface area contributed by atoms with Crippen LogP contribution in [0.4, 0.5) is 0 Å². The fraction of sp³-hybridized carbons (Fsp3) is 0.400. The number of Topliss-reactive ketones (excluding diaryl/α,β-unsaturated/α-hetero) is 4. The van der Waals surface area contributed by atoms with Crippen LogP contribution >= 0.6 is 0 Å². The van der Waals surface area contributed by atoms with Crippen LogP contribution in [0.25, 0.3) is 0 Å². The molecule has 6 nitrogen and oxygen atoms in total. The molecule has 0 rings (SSSR count). The monoisotopic (exact) mass is 324 g/mol. The quantitative estimate of drug-likeness (QED) is 0.297. The van der Waals surface area contributed by atoms with Crippen LogP contribution in [0.3, 0.4) is 0 Å². The molecule has 0 saturated carbocycles. The third-order valence-electron chi connectivity index (χ3n) is 0.813. The van der Waals surface area contributed by atoms with E-state index in [1.165, 1.54) is 27.7 Å². The first-order valence-electron chi connectivity index (χ1n) is 3.97. The molecule has 18 heavy (non-hydrogen) atoms. The first-order valence-corrected chi connectivity index (χ1v) is 3.97. The SMILES string of the molecule is CC(=O)[CH-]C(C)=O.CC(=O)[CH-]C(C)=O.O.O.[Cl-].[Mn+3]. The summed E-state index contributed by atoms with van der Waals surface area (Å²) in [5.41, 5.74) is 0. The molecule has 108 valence electrons. The van der Waals surface area contributed by atoms with Gasteiger partial charge in [0, 0.05) is 23.1 Å². The second-order valence-electron chi connectivity index (χ2n) is 2.73. The largest absolute Gasteiger partial charge is 3.00 e. The summed E-state index contributed by atoms with van der Waals surface area (Å²) in [6.45, 7) is 5.39. The summed E-state index contributed by atoms with van der Waals surface area (Å²) >= 11 is 0. The van der Waals surface area contributed by atoms with E-state index in [0.717, 1.165) is 12.8 Å². The molecule has 0 unspecified atom stereocenters. The van der Waals surface area contributed by atoms with Crippen LogP contribution in [0.1, 0.15) is 27.7 Å². The molecule has 0 bridgehead atoms. The van der Waals surface area contributed by atoms with Gasteiger partial charge in [0.1, 0.15) is 0 Å². The Hall–Kier alpha value is -0.851. The summed E-state index contributed by atoms with van der Waals surface area (Å²) in [5, 5.41) is 0. The van der Waals surface area contributed by atoms with Crippen LogP contribution in [0.5, 0.6) is 0 Å². The van der Waals surface area contributed by atoms with Crippen LogP contribution in [-0.2, 0) is 36.2 Å². The van der Waals surface area contributed by atoms with Crippen molar-refractivity contribution in [3.63, 3.8) is 0 Å². The number of carbonyl (C=O) groups is 4. The van der Waals surface area contributed by atoms with Gasteiger partial charge >= 0.3 is 17.1 Å². The van der Waals surface area contributed by atoms with E-state index in [4.69, 9.17) is 0 Å². The van der Waals surface area contributed by atoms with Crippen LogP contribution < -0.4 is 12.4 Å². The van der Waals surface area contributed by atoms with Gasteiger partial charge < -0.3 is 42.5 Å². The second kappa shape index (κ2) is 21.4. The molecule has 0 aromatic rings. The Bertz CT molecular complexity index is 205. The Balaban J connectivity index is -0.0000000327. The summed E-state index contributed by atoms with van der Waals surface area (Å²) in [6.07, 6.45) is 2.11. The van der Waals surface area contributed by atoms with Gasteiger partial charge in [-0.15, -0.1) is 0 Å². The third-order valence-corrected chi connectivity index (χ3v) is 0.813. The number of carbonyl (C=O) groups excluding carboxylic acids is 4. The first kappa shape index (κ1) is 36.0. The molecule has 0 saturated heterocycles. The van der Waals surface area contributed by atoms with Gasteiger partial charge in [-0.1, -0.05) is 0 Å². The molecular formula is C10H18ClMnO6. The number of hydrogen-bond acceptors (Lipinski definition) is 4. The summed E-state index contributed by atoms with van der Waals surface area (Å²) in [4.78, 5) is 39.9. The van der Waals surface area contributed by atoms with Crippen molar-refractivity contribution in [1.29, 1.82) is 0 Å². The Morgan fingerprint density at radius 1 is 0.611 bits per heavy atom. The van der Waals surface area contributed by atoms with Crippen molar-refractivity contribution >= 4 is 23.1 Å². The first-order chi connectivity index (χ1) is 6.25. The van der Waals surface area contributed by atoms with Gasteiger partial charge in [0.15, 0.2) is 0 Å². The van der Waals surface area contributed by atoms with Gasteiger partial charge in [-0.05, 0) is 27.7 Å². The molecule has 0 aliphatic rings. The topological polar surface area (TPSA) is 131 Å². The summed E-state index contributed by atoms with van der Waals surface area (Å²) in [7, 11) is 0. The Morgan fingerprint density at radius 3 is 0.722 bits per heavy atom. The fourth-order valence-electron chi connectivity index (χ4n) is 0.572. The Labute approximate surface area is 123 Å². The van der Waals surface area contributed by atoms with E-state index in [2.05, 4.69) is 0 Å². The molecule has 0 heterocycles. The predicted octanol–water partition coefficient (Wildman–Crippen LogP) is -3.91. The van der Waals surface area contributed by atoms with E-state index in [1.54, 1.807) is 0 Å². The van der Waals surface area contributed by atoms with Gasteiger partial charge in [0.25, 0.3) is 0 Å². The average molecular weight is 325 g/mol. The van der Waals surface area contributed by atoms with Gasteiger partial charge in [0.2, 0.25) is 0 Å². The molecule has 0 aromatic carbocycles. The number of halogens is 1. The van der Waals surface area contributed by atoms with Gasteiger partial charge in [-0.3, -0.25) is 12.8 Å². The zero-order chi connectivity index (χ0) is 11.7. The van der Waals surface area contributed by atoms with Crippen molar-refractivity contribution in [3.05, 3.63) is 12.8 Å². The van der Waals surface area contributed by atoms with Crippen molar-refractivity contribution < 1.29 is 59.6 Å². The fourth-order valence-corrected chi connectivity index (χ4v) is 0.572. The number of hydrogen-bond donors (Lipinski definition) is 0. The Morgan fingerprint density at radius 2 is 0.722 bits per heavy atom. The maximum Gasteiger partial charge on any atom is 3.00 e. The molecule has 0 atom stereocenters. The van der Waals surface area contributed by atoms with E-state index in [1.807, 2.05) is 0 Å². The maximum absolute atomic E-state index is 9.98. The smallest absolute Gasteiger partial charge is 1.00 e. The minimum Gasteiger partial charge on any atom is -1.00 e. The van der Waals surface area contributed by atoms with Crippen molar-refractivity contribution in [2.24, 2.45) is 0 Å². The standard InChI is InChI=1S/2C5H7O2.ClH.Mn.2H2O/c2*1-4(6)3-5(2)7;;;;/h2*3H,1-2H3;1H;;2*1H2/q2*-1;;+3;;/p-1. The minimum atomic E-state index is -0.187. The van der Waals surface area contributed by atoms with Gasteiger partial charge in [-0.2, -0.15) is 0 Å². The molecule has 4 N–H and O–H groups in total. The van der Waals surface area contributed by atoms with Crippen molar-refractivity contribution in [2.45, 2.75) is 27.7 Å². The van der Waals surface area contributed by atoms with Crippen LogP contribution in [0.2, 0.25) is 0 Å². The number of ketones is 4. The number of rotatable bonds is 4. The zero-order valence-electron chi connectivity index (χ0n) is 10.5. The van der Waals surface area contributed by atoms with Crippen molar-refractivity contribution in [2.75, 3.05) is 0 Å². The van der Waals surface area contributed by atoms with Crippen LogP contribution in [0, 0.1) is 12.8 Å². The van der Waals surface area contributed by atoms with E-state index in [-0.39, 0.29) is 63.6 Å². The van der Waals surface area contributed by atoms with E-state index < -0.39 is 0 Å². The van der Waals surface area contributed by atoms with Gasteiger partial charge in [-0.25, -0.2) is 0 Å². The summed E-state index contributed by atoms with van der Waals surface area (Å²) in [5.74, 6) is -0.750. The molecule has 0 fully saturated rings. The molecule has 0 radical (unpaired) electrons.